The lowest BCUT2D eigenvalue weighted by molar-refractivity contribution is 0.0826. The summed E-state index contributed by atoms with van der Waals surface area (Å²) in [4.78, 5) is 13.5. The van der Waals surface area contributed by atoms with E-state index in [0.717, 1.165) is 12.8 Å². The molecule has 0 atom stereocenters. The largest absolute Gasteiger partial charge is 0.345 e. The molecule has 5 nitrogen and oxygen atoms in total. The molecule has 0 heterocycles. The van der Waals surface area contributed by atoms with Crippen LogP contribution in [-0.2, 0) is 10.0 Å². The summed E-state index contributed by atoms with van der Waals surface area (Å²) in [7, 11) is -0.290. The van der Waals surface area contributed by atoms with Gasteiger partial charge in [0.1, 0.15) is 0 Å². The van der Waals surface area contributed by atoms with Gasteiger partial charge in [-0.3, -0.25) is 4.79 Å². The molecule has 1 N–H and O–H groups in total. The van der Waals surface area contributed by atoms with Crippen LogP contribution in [0.25, 0.3) is 0 Å². The van der Waals surface area contributed by atoms with Gasteiger partial charge >= 0.3 is 0 Å². The Labute approximate surface area is 121 Å². The first-order valence-corrected chi connectivity index (χ1v) is 8.12. The Morgan fingerprint density at radius 1 is 1.37 bits per heavy atom. The Morgan fingerprint density at radius 2 is 2.00 bits per heavy atom. The number of hydrogen-bond acceptors (Lipinski definition) is 3. The van der Waals surface area contributed by atoms with Crippen molar-refractivity contribution in [1.82, 2.24) is 9.62 Å². The van der Waals surface area contributed by atoms with Gasteiger partial charge in [-0.05, 0) is 47.0 Å². The molecule has 0 unspecified atom stereocenters. The number of hydrogen-bond donors (Lipinski definition) is 1. The van der Waals surface area contributed by atoms with Gasteiger partial charge in [-0.1, -0.05) is 0 Å². The van der Waals surface area contributed by atoms with Crippen LogP contribution in [0.4, 0.5) is 0 Å². The molecule has 0 bridgehead atoms. The van der Waals surface area contributed by atoms with Crippen LogP contribution in [0.2, 0.25) is 0 Å². The highest BCUT2D eigenvalue weighted by Crippen LogP contribution is 2.25. The number of amides is 1. The van der Waals surface area contributed by atoms with Crippen molar-refractivity contribution in [2.24, 2.45) is 0 Å². The third-order valence-electron chi connectivity index (χ3n) is 2.78. The Balaban J connectivity index is 2.37. The molecule has 0 spiro atoms. The van der Waals surface area contributed by atoms with Crippen molar-refractivity contribution >= 4 is 31.9 Å². The van der Waals surface area contributed by atoms with E-state index in [1.54, 1.807) is 20.2 Å². The van der Waals surface area contributed by atoms with E-state index >= 15 is 0 Å². The highest BCUT2D eigenvalue weighted by Gasteiger charge is 2.28. The number of halogens is 1. The summed E-state index contributed by atoms with van der Waals surface area (Å²) in [6.45, 7) is 0. The van der Waals surface area contributed by atoms with E-state index in [9.17, 15) is 13.2 Å². The fourth-order valence-corrected chi connectivity index (χ4v) is 3.31. The third kappa shape index (κ3) is 3.34. The normalized spacial score (nSPS) is 15.3. The number of carbonyl (C=O) groups excluding carboxylic acids is 1. The molecular formula is C12H15BrN2O3S. The number of sulfonamides is 1. The zero-order chi connectivity index (χ0) is 14.2. The van der Waals surface area contributed by atoms with Crippen molar-refractivity contribution in [2.75, 3.05) is 14.1 Å². The molecule has 104 valence electrons. The molecule has 0 aromatic heterocycles. The first kappa shape index (κ1) is 14.5. The summed E-state index contributed by atoms with van der Waals surface area (Å²) in [5.74, 6) is -0.240. The molecule has 0 aliphatic heterocycles. The van der Waals surface area contributed by atoms with Gasteiger partial charge in [-0.15, -0.1) is 0 Å². The molecule has 1 aliphatic rings. The quantitative estimate of drug-likeness (QED) is 0.900. The van der Waals surface area contributed by atoms with Crippen molar-refractivity contribution in [2.45, 2.75) is 23.8 Å². The molecule has 1 aromatic rings. The third-order valence-corrected chi connectivity index (χ3v) is 4.99. The van der Waals surface area contributed by atoms with Crippen molar-refractivity contribution in [1.29, 1.82) is 0 Å². The lowest BCUT2D eigenvalue weighted by Crippen LogP contribution is -2.27. The monoisotopic (exact) mass is 346 g/mol. The van der Waals surface area contributed by atoms with E-state index < -0.39 is 10.0 Å². The fraction of sp³-hybridized carbons (Fsp3) is 0.417. The van der Waals surface area contributed by atoms with Gasteiger partial charge in [0.25, 0.3) is 5.91 Å². The Morgan fingerprint density at radius 3 is 2.53 bits per heavy atom. The van der Waals surface area contributed by atoms with Crippen molar-refractivity contribution < 1.29 is 13.2 Å². The smallest absolute Gasteiger partial charge is 0.254 e. The van der Waals surface area contributed by atoms with Crippen LogP contribution < -0.4 is 4.72 Å². The van der Waals surface area contributed by atoms with Crippen LogP contribution in [0.3, 0.4) is 0 Å². The Kier molecular flexibility index (Phi) is 3.98. The summed E-state index contributed by atoms with van der Waals surface area (Å²) < 4.78 is 27.3. The first-order valence-electron chi connectivity index (χ1n) is 5.85. The van der Waals surface area contributed by atoms with Crippen LogP contribution in [0.1, 0.15) is 23.2 Å². The highest BCUT2D eigenvalue weighted by atomic mass is 79.9. The van der Waals surface area contributed by atoms with Crippen LogP contribution in [-0.4, -0.2) is 39.4 Å². The predicted octanol–water partition coefficient (Wildman–Crippen LogP) is 1.59. The van der Waals surface area contributed by atoms with E-state index in [2.05, 4.69) is 20.7 Å². The molecule has 2 rings (SSSR count). The summed E-state index contributed by atoms with van der Waals surface area (Å²) >= 11 is 3.27. The standard InChI is InChI=1S/C12H15BrN2O3S/c1-15(2)12(16)10-7-9(5-6-11(10)13)19(17,18)14-8-3-4-8/h5-8,14H,3-4H2,1-2H3. The number of benzene rings is 1. The van der Waals surface area contributed by atoms with Gasteiger partial charge < -0.3 is 4.90 Å². The Bertz CT molecular complexity index is 609. The first-order chi connectivity index (χ1) is 8.81. The van der Waals surface area contributed by atoms with Gasteiger partial charge in [-0.25, -0.2) is 13.1 Å². The SMILES string of the molecule is CN(C)C(=O)c1cc(S(=O)(=O)NC2CC2)ccc1Br. The molecule has 1 aliphatic carbocycles. The van der Waals surface area contributed by atoms with Crippen LogP contribution in [0.15, 0.2) is 27.6 Å². The minimum absolute atomic E-state index is 0.0432. The molecule has 0 saturated heterocycles. The van der Waals surface area contributed by atoms with Gasteiger partial charge in [-0.2, -0.15) is 0 Å². The lowest BCUT2D eigenvalue weighted by Gasteiger charge is -2.13. The molecule has 1 saturated carbocycles. The average molecular weight is 347 g/mol. The van der Waals surface area contributed by atoms with Crippen molar-refractivity contribution in [3.63, 3.8) is 0 Å². The second-order valence-corrected chi connectivity index (χ2v) is 7.31. The van der Waals surface area contributed by atoms with Gasteiger partial charge in [0.2, 0.25) is 10.0 Å². The molecule has 0 radical (unpaired) electrons. The van der Waals surface area contributed by atoms with E-state index in [0.29, 0.717) is 10.0 Å². The predicted molar refractivity (Wildman–Crippen MR) is 75.5 cm³/mol. The van der Waals surface area contributed by atoms with Crippen molar-refractivity contribution in [3.8, 4) is 0 Å². The number of carbonyl (C=O) groups is 1. The van der Waals surface area contributed by atoms with E-state index in [4.69, 9.17) is 0 Å². The topological polar surface area (TPSA) is 66.5 Å². The summed E-state index contributed by atoms with van der Waals surface area (Å²) in [5, 5.41) is 0. The molecule has 19 heavy (non-hydrogen) atoms. The number of nitrogens with one attached hydrogen (secondary N) is 1. The van der Waals surface area contributed by atoms with Crippen LogP contribution in [0.5, 0.6) is 0 Å². The zero-order valence-corrected chi connectivity index (χ0v) is 13.1. The molecule has 1 aromatic carbocycles. The van der Waals surface area contributed by atoms with Gasteiger partial charge in [0.15, 0.2) is 0 Å². The van der Waals surface area contributed by atoms with Crippen molar-refractivity contribution in [3.05, 3.63) is 28.2 Å². The zero-order valence-electron chi connectivity index (χ0n) is 10.7. The maximum absolute atomic E-state index is 12.1. The highest BCUT2D eigenvalue weighted by molar-refractivity contribution is 9.10. The second-order valence-electron chi connectivity index (χ2n) is 4.74. The molecule has 7 heteroatoms. The molecule has 1 amide bonds. The van der Waals surface area contributed by atoms with Gasteiger partial charge in [0, 0.05) is 24.6 Å². The van der Waals surface area contributed by atoms with Gasteiger partial charge in [0.05, 0.1) is 10.5 Å². The summed E-state index contributed by atoms with van der Waals surface area (Å²) in [6.07, 6.45) is 1.75. The average Bonchev–Trinajstić information content (AvgIpc) is 3.11. The lowest BCUT2D eigenvalue weighted by atomic mass is 10.2. The minimum Gasteiger partial charge on any atom is -0.345 e. The Hall–Kier alpha value is -0.920. The molecule has 1 fully saturated rings. The number of nitrogens with zero attached hydrogens (tertiary/aromatic N) is 1. The van der Waals surface area contributed by atoms with E-state index in [1.807, 2.05) is 0 Å². The fourth-order valence-electron chi connectivity index (χ4n) is 1.56. The summed E-state index contributed by atoms with van der Waals surface area (Å²) in [5.41, 5.74) is 0.337. The van der Waals surface area contributed by atoms with E-state index in [1.165, 1.54) is 17.0 Å². The number of rotatable bonds is 4. The van der Waals surface area contributed by atoms with Crippen LogP contribution in [0, 0.1) is 0 Å². The van der Waals surface area contributed by atoms with E-state index in [-0.39, 0.29) is 16.8 Å². The van der Waals surface area contributed by atoms with Crippen LogP contribution >= 0.6 is 15.9 Å². The maximum atomic E-state index is 12.1. The minimum atomic E-state index is -3.54. The molecular weight excluding hydrogens is 332 g/mol. The summed E-state index contributed by atoms with van der Waals surface area (Å²) in [6, 6.07) is 4.51. The second kappa shape index (κ2) is 5.22. The maximum Gasteiger partial charge on any atom is 0.254 e.